The molecule has 2 nitrogen and oxygen atoms in total. The molecule has 3 rings (SSSR count). The van der Waals surface area contributed by atoms with Crippen molar-refractivity contribution in [2.45, 2.75) is 44.1 Å². The zero-order valence-electron chi connectivity index (χ0n) is 12.0. The van der Waals surface area contributed by atoms with Gasteiger partial charge in [-0.05, 0) is 55.6 Å². The molecule has 1 N–H and O–H groups in total. The maximum Gasteiger partial charge on any atom is 0.0468 e. The van der Waals surface area contributed by atoms with Gasteiger partial charge in [-0.1, -0.05) is 29.8 Å². The van der Waals surface area contributed by atoms with Crippen molar-refractivity contribution in [1.29, 1.82) is 0 Å². The Hall–Kier alpha value is -0.570. The molecule has 1 aliphatic carbocycles. The third-order valence-electron chi connectivity index (χ3n) is 4.53. The number of ether oxygens (including phenoxy) is 1. The average Bonchev–Trinajstić information content (AvgIpc) is 3.29. The van der Waals surface area contributed by atoms with E-state index in [0.29, 0.717) is 5.92 Å². The van der Waals surface area contributed by atoms with Crippen molar-refractivity contribution in [3.63, 3.8) is 0 Å². The van der Waals surface area contributed by atoms with Crippen LogP contribution >= 0.6 is 11.6 Å². The van der Waals surface area contributed by atoms with Crippen molar-refractivity contribution in [2.75, 3.05) is 19.8 Å². The summed E-state index contributed by atoms with van der Waals surface area (Å²) in [5.74, 6) is 1.32. The second-order valence-electron chi connectivity index (χ2n) is 6.19. The lowest BCUT2D eigenvalue weighted by atomic mass is 9.85. The van der Waals surface area contributed by atoms with Crippen LogP contribution in [0.5, 0.6) is 0 Å². The summed E-state index contributed by atoms with van der Waals surface area (Å²) in [5.41, 5.74) is 1.31. The summed E-state index contributed by atoms with van der Waals surface area (Å²) in [5, 5.41) is 4.60. The number of rotatable bonds is 6. The van der Waals surface area contributed by atoms with Crippen molar-refractivity contribution >= 4 is 11.6 Å². The first kappa shape index (κ1) is 14.4. The van der Waals surface area contributed by atoms with E-state index in [-0.39, 0.29) is 0 Å². The van der Waals surface area contributed by atoms with E-state index in [4.69, 9.17) is 16.3 Å². The lowest BCUT2D eigenvalue weighted by molar-refractivity contribution is 0.0616. The predicted molar refractivity (Wildman–Crippen MR) is 83.4 cm³/mol. The molecule has 1 heterocycles. The van der Waals surface area contributed by atoms with E-state index in [1.165, 1.54) is 37.7 Å². The Morgan fingerprint density at radius 1 is 1.15 bits per heavy atom. The molecule has 1 atom stereocenters. The fraction of sp³-hybridized carbons (Fsp3) is 0.647. The largest absolute Gasteiger partial charge is 0.381 e. The van der Waals surface area contributed by atoms with Gasteiger partial charge in [0.2, 0.25) is 0 Å². The van der Waals surface area contributed by atoms with Crippen LogP contribution < -0.4 is 5.32 Å². The van der Waals surface area contributed by atoms with Crippen LogP contribution in [0, 0.1) is 5.92 Å². The first-order valence-corrected chi connectivity index (χ1v) is 8.26. The Morgan fingerprint density at radius 3 is 2.60 bits per heavy atom. The number of hydrogen-bond acceptors (Lipinski definition) is 2. The molecule has 1 saturated carbocycles. The maximum atomic E-state index is 6.42. The first-order valence-electron chi connectivity index (χ1n) is 7.88. The smallest absolute Gasteiger partial charge is 0.0468 e. The van der Waals surface area contributed by atoms with Gasteiger partial charge in [-0.2, -0.15) is 0 Å². The van der Waals surface area contributed by atoms with E-state index < -0.39 is 0 Å². The van der Waals surface area contributed by atoms with Gasteiger partial charge in [0.1, 0.15) is 0 Å². The average molecular weight is 294 g/mol. The second-order valence-corrected chi connectivity index (χ2v) is 6.60. The highest BCUT2D eigenvalue weighted by molar-refractivity contribution is 6.31. The van der Waals surface area contributed by atoms with Crippen LogP contribution in [0.25, 0.3) is 0 Å². The Bertz CT molecular complexity index is 427. The molecular formula is C17H24ClNO. The molecule has 3 heteroatoms. The molecule has 20 heavy (non-hydrogen) atoms. The van der Waals surface area contributed by atoms with Gasteiger partial charge in [-0.3, -0.25) is 0 Å². The minimum Gasteiger partial charge on any atom is -0.381 e. The number of nitrogens with one attached hydrogen (secondary N) is 1. The van der Waals surface area contributed by atoms with Crippen LogP contribution in [0.2, 0.25) is 5.02 Å². The van der Waals surface area contributed by atoms with E-state index in [0.717, 1.165) is 36.7 Å². The molecule has 1 aliphatic heterocycles. The molecule has 2 aliphatic rings. The van der Waals surface area contributed by atoms with Crippen LogP contribution in [0.1, 0.15) is 43.6 Å². The van der Waals surface area contributed by atoms with Crippen molar-refractivity contribution in [1.82, 2.24) is 5.32 Å². The number of halogens is 1. The van der Waals surface area contributed by atoms with Gasteiger partial charge in [-0.25, -0.2) is 0 Å². The maximum absolute atomic E-state index is 6.42. The van der Waals surface area contributed by atoms with Gasteiger partial charge in [0.25, 0.3) is 0 Å². The first-order chi connectivity index (χ1) is 9.83. The molecule has 1 saturated heterocycles. The molecule has 1 aromatic rings. The fourth-order valence-electron chi connectivity index (χ4n) is 3.11. The summed E-state index contributed by atoms with van der Waals surface area (Å²) < 4.78 is 5.48. The molecule has 0 spiro atoms. The van der Waals surface area contributed by atoms with Crippen molar-refractivity contribution in [2.24, 2.45) is 5.92 Å². The predicted octanol–water partition coefficient (Wildman–Crippen LogP) is 3.99. The molecular weight excluding hydrogens is 270 g/mol. The zero-order valence-corrected chi connectivity index (χ0v) is 12.7. The summed E-state index contributed by atoms with van der Waals surface area (Å²) in [6.07, 6.45) is 6.31. The SMILES string of the molecule is Clc1ccccc1C(CNC1CC1)CC1CCOCC1. The van der Waals surface area contributed by atoms with Gasteiger partial charge < -0.3 is 10.1 Å². The van der Waals surface area contributed by atoms with E-state index in [2.05, 4.69) is 17.4 Å². The second kappa shape index (κ2) is 6.93. The van der Waals surface area contributed by atoms with E-state index in [1.54, 1.807) is 0 Å². The topological polar surface area (TPSA) is 21.3 Å². The molecule has 0 aromatic heterocycles. The molecule has 0 amide bonds. The quantitative estimate of drug-likeness (QED) is 0.856. The van der Waals surface area contributed by atoms with E-state index >= 15 is 0 Å². The third-order valence-corrected chi connectivity index (χ3v) is 4.88. The molecule has 1 aromatic carbocycles. The monoisotopic (exact) mass is 293 g/mol. The van der Waals surface area contributed by atoms with Crippen LogP contribution in [-0.4, -0.2) is 25.8 Å². The highest BCUT2D eigenvalue weighted by Crippen LogP contribution is 2.33. The van der Waals surface area contributed by atoms with Crippen molar-refractivity contribution in [3.8, 4) is 0 Å². The zero-order chi connectivity index (χ0) is 13.8. The van der Waals surface area contributed by atoms with Gasteiger partial charge in [0.05, 0.1) is 0 Å². The molecule has 0 bridgehead atoms. The minimum absolute atomic E-state index is 0.535. The Balaban J connectivity index is 1.66. The summed E-state index contributed by atoms with van der Waals surface area (Å²) in [4.78, 5) is 0. The molecule has 2 fully saturated rings. The van der Waals surface area contributed by atoms with Gasteiger partial charge in [0.15, 0.2) is 0 Å². The Labute approximate surface area is 126 Å². The Morgan fingerprint density at radius 2 is 1.90 bits per heavy atom. The highest BCUT2D eigenvalue weighted by Gasteiger charge is 2.25. The summed E-state index contributed by atoms with van der Waals surface area (Å²) in [7, 11) is 0. The molecule has 1 unspecified atom stereocenters. The minimum atomic E-state index is 0.535. The van der Waals surface area contributed by atoms with Crippen molar-refractivity contribution < 1.29 is 4.74 Å². The van der Waals surface area contributed by atoms with Gasteiger partial charge in [0, 0.05) is 30.8 Å². The van der Waals surface area contributed by atoms with Crippen LogP contribution in [0.15, 0.2) is 24.3 Å². The normalized spacial score (nSPS) is 21.9. The van der Waals surface area contributed by atoms with Crippen LogP contribution in [-0.2, 0) is 4.74 Å². The van der Waals surface area contributed by atoms with Crippen molar-refractivity contribution in [3.05, 3.63) is 34.9 Å². The van der Waals surface area contributed by atoms with Gasteiger partial charge in [-0.15, -0.1) is 0 Å². The van der Waals surface area contributed by atoms with E-state index in [9.17, 15) is 0 Å². The molecule has 0 radical (unpaired) electrons. The van der Waals surface area contributed by atoms with Gasteiger partial charge >= 0.3 is 0 Å². The summed E-state index contributed by atoms with van der Waals surface area (Å²) >= 11 is 6.42. The highest BCUT2D eigenvalue weighted by atomic mass is 35.5. The Kier molecular flexibility index (Phi) is 4.98. The third kappa shape index (κ3) is 3.97. The fourth-order valence-corrected chi connectivity index (χ4v) is 3.40. The lowest BCUT2D eigenvalue weighted by Gasteiger charge is -2.27. The molecule has 110 valence electrons. The number of benzene rings is 1. The van der Waals surface area contributed by atoms with Crippen LogP contribution in [0.3, 0.4) is 0 Å². The summed E-state index contributed by atoms with van der Waals surface area (Å²) in [6.45, 7) is 2.91. The summed E-state index contributed by atoms with van der Waals surface area (Å²) in [6, 6.07) is 9.10. The van der Waals surface area contributed by atoms with E-state index in [1.807, 2.05) is 12.1 Å². The lowest BCUT2D eigenvalue weighted by Crippen LogP contribution is -2.27. The number of hydrogen-bond donors (Lipinski definition) is 1. The van der Waals surface area contributed by atoms with Crippen LogP contribution in [0.4, 0.5) is 0 Å². The standard InChI is InChI=1S/C17H24ClNO/c18-17-4-2-1-3-16(17)14(12-19-15-5-6-15)11-13-7-9-20-10-8-13/h1-4,13-15,19H,5-12H2.